The molecule has 2 rings (SSSR count). The summed E-state index contributed by atoms with van der Waals surface area (Å²) in [5, 5.41) is 11.3. The maximum absolute atomic E-state index is 12.2. The lowest BCUT2D eigenvalue weighted by atomic mass is 10.2. The minimum Gasteiger partial charge on any atom is -0.508 e. The van der Waals surface area contributed by atoms with E-state index >= 15 is 0 Å². The second-order valence-corrected chi connectivity index (χ2v) is 4.73. The lowest BCUT2D eigenvalue weighted by Gasteiger charge is -2.17. The molecule has 4 heteroatoms. The van der Waals surface area contributed by atoms with Gasteiger partial charge in [-0.3, -0.25) is 4.79 Å². The lowest BCUT2D eigenvalue weighted by Crippen LogP contribution is -2.25. The van der Waals surface area contributed by atoms with Crippen LogP contribution >= 0.6 is 11.3 Å². The van der Waals surface area contributed by atoms with Crippen molar-refractivity contribution in [2.24, 2.45) is 0 Å². The first-order chi connectivity index (χ1) is 8.09. The maximum atomic E-state index is 12.2. The van der Waals surface area contributed by atoms with Crippen LogP contribution in [0.5, 0.6) is 5.75 Å². The third-order valence-corrected chi connectivity index (χ3v) is 3.58. The zero-order valence-electron chi connectivity index (χ0n) is 9.68. The number of rotatable bonds is 2. The van der Waals surface area contributed by atoms with Gasteiger partial charge in [0.1, 0.15) is 5.75 Å². The SMILES string of the molecule is Cc1ccsc1C(=O)N(C)c1cccc(O)c1. The van der Waals surface area contributed by atoms with Crippen molar-refractivity contribution in [1.82, 2.24) is 0 Å². The van der Waals surface area contributed by atoms with E-state index in [1.807, 2.05) is 18.4 Å². The summed E-state index contributed by atoms with van der Waals surface area (Å²) in [6.45, 7) is 1.92. The number of phenolic OH excluding ortho intramolecular Hbond substituents is 1. The molecule has 88 valence electrons. The smallest absolute Gasteiger partial charge is 0.268 e. The summed E-state index contributed by atoms with van der Waals surface area (Å²) in [7, 11) is 1.70. The van der Waals surface area contributed by atoms with Gasteiger partial charge in [0.05, 0.1) is 4.88 Å². The normalized spacial score (nSPS) is 10.2. The average Bonchev–Trinajstić information content (AvgIpc) is 2.73. The van der Waals surface area contributed by atoms with Crippen LogP contribution in [0.2, 0.25) is 0 Å². The summed E-state index contributed by atoms with van der Waals surface area (Å²) >= 11 is 1.43. The number of carbonyl (C=O) groups excluding carboxylic acids is 1. The Morgan fingerprint density at radius 3 is 2.71 bits per heavy atom. The van der Waals surface area contributed by atoms with Crippen molar-refractivity contribution in [2.75, 3.05) is 11.9 Å². The van der Waals surface area contributed by atoms with Crippen molar-refractivity contribution in [3.05, 3.63) is 46.2 Å². The molecule has 0 aliphatic heterocycles. The quantitative estimate of drug-likeness (QED) is 0.886. The number of nitrogens with zero attached hydrogens (tertiary/aromatic N) is 1. The van der Waals surface area contributed by atoms with Crippen molar-refractivity contribution >= 4 is 22.9 Å². The summed E-state index contributed by atoms with van der Waals surface area (Å²) in [4.78, 5) is 14.5. The number of anilines is 1. The van der Waals surface area contributed by atoms with Gasteiger partial charge in [0.15, 0.2) is 0 Å². The minimum absolute atomic E-state index is 0.0527. The van der Waals surface area contributed by atoms with Gasteiger partial charge >= 0.3 is 0 Å². The lowest BCUT2D eigenvalue weighted by molar-refractivity contribution is 0.0996. The number of amides is 1. The van der Waals surface area contributed by atoms with Crippen LogP contribution in [0.4, 0.5) is 5.69 Å². The number of thiophene rings is 1. The molecule has 1 heterocycles. The van der Waals surface area contributed by atoms with Gasteiger partial charge < -0.3 is 10.0 Å². The van der Waals surface area contributed by atoms with E-state index in [0.717, 1.165) is 10.4 Å². The largest absolute Gasteiger partial charge is 0.508 e. The van der Waals surface area contributed by atoms with E-state index in [4.69, 9.17) is 0 Å². The molecule has 0 unspecified atom stereocenters. The van der Waals surface area contributed by atoms with E-state index in [-0.39, 0.29) is 11.7 Å². The van der Waals surface area contributed by atoms with Crippen LogP contribution in [0.25, 0.3) is 0 Å². The second-order valence-electron chi connectivity index (χ2n) is 3.82. The molecule has 0 saturated heterocycles. The van der Waals surface area contributed by atoms with Gasteiger partial charge in [-0.25, -0.2) is 0 Å². The van der Waals surface area contributed by atoms with Crippen LogP contribution < -0.4 is 4.90 Å². The molecule has 0 saturated carbocycles. The molecular formula is C13H13NO2S. The number of phenols is 1. The predicted molar refractivity (Wildman–Crippen MR) is 69.9 cm³/mol. The summed E-state index contributed by atoms with van der Waals surface area (Å²) in [6.07, 6.45) is 0. The van der Waals surface area contributed by atoms with Crippen molar-refractivity contribution in [3.63, 3.8) is 0 Å². The molecule has 0 bridgehead atoms. The van der Waals surface area contributed by atoms with E-state index in [2.05, 4.69) is 0 Å². The number of hydrogen-bond donors (Lipinski definition) is 1. The Balaban J connectivity index is 2.30. The summed E-state index contributed by atoms with van der Waals surface area (Å²) in [5.74, 6) is 0.105. The van der Waals surface area contributed by atoms with Crippen molar-refractivity contribution in [2.45, 2.75) is 6.92 Å². The summed E-state index contributed by atoms with van der Waals surface area (Å²) in [5.41, 5.74) is 1.66. The van der Waals surface area contributed by atoms with E-state index in [0.29, 0.717) is 5.69 Å². The van der Waals surface area contributed by atoms with Crippen LogP contribution in [0, 0.1) is 6.92 Å². The van der Waals surface area contributed by atoms with Gasteiger partial charge in [0.25, 0.3) is 5.91 Å². The van der Waals surface area contributed by atoms with Gasteiger partial charge in [-0.15, -0.1) is 11.3 Å². The Bertz CT molecular complexity index is 548. The Hall–Kier alpha value is -1.81. The third-order valence-electron chi connectivity index (χ3n) is 2.58. The molecule has 0 spiro atoms. The standard InChI is InChI=1S/C13H13NO2S/c1-9-6-7-17-12(9)13(16)14(2)10-4-3-5-11(15)8-10/h3-8,15H,1-2H3. The Labute approximate surface area is 104 Å². The van der Waals surface area contributed by atoms with Crippen LogP contribution in [-0.2, 0) is 0 Å². The highest BCUT2D eigenvalue weighted by Crippen LogP contribution is 2.23. The Morgan fingerprint density at radius 2 is 2.12 bits per heavy atom. The molecule has 0 aliphatic carbocycles. The number of aryl methyl sites for hydroxylation is 1. The van der Waals surface area contributed by atoms with E-state index in [1.165, 1.54) is 11.3 Å². The average molecular weight is 247 g/mol. The van der Waals surface area contributed by atoms with Crippen LogP contribution in [-0.4, -0.2) is 18.1 Å². The molecule has 0 aliphatic rings. The van der Waals surface area contributed by atoms with Gasteiger partial charge in [-0.2, -0.15) is 0 Å². The van der Waals surface area contributed by atoms with E-state index in [9.17, 15) is 9.90 Å². The van der Waals surface area contributed by atoms with Crippen molar-refractivity contribution in [1.29, 1.82) is 0 Å². The van der Waals surface area contributed by atoms with Gasteiger partial charge in [0, 0.05) is 18.8 Å². The molecule has 17 heavy (non-hydrogen) atoms. The molecule has 3 nitrogen and oxygen atoms in total. The number of carbonyl (C=O) groups is 1. The zero-order chi connectivity index (χ0) is 12.4. The molecule has 2 aromatic rings. The Morgan fingerprint density at radius 1 is 1.35 bits per heavy atom. The number of benzene rings is 1. The highest BCUT2D eigenvalue weighted by atomic mass is 32.1. The van der Waals surface area contributed by atoms with Crippen molar-refractivity contribution < 1.29 is 9.90 Å². The molecule has 0 atom stereocenters. The molecule has 1 aromatic carbocycles. The molecular weight excluding hydrogens is 234 g/mol. The topological polar surface area (TPSA) is 40.5 Å². The fraction of sp³-hybridized carbons (Fsp3) is 0.154. The minimum atomic E-state index is -0.0527. The highest BCUT2D eigenvalue weighted by Gasteiger charge is 2.16. The summed E-state index contributed by atoms with van der Waals surface area (Å²) in [6, 6.07) is 8.59. The van der Waals surface area contributed by atoms with Gasteiger partial charge in [-0.05, 0) is 36.1 Å². The molecule has 1 amide bonds. The second kappa shape index (κ2) is 4.59. The predicted octanol–water partition coefficient (Wildman–Crippen LogP) is 3.04. The molecule has 0 radical (unpaired) electrons. The first-order valence-electron chi connectivity index (χ1n) is 5.21. The molecule has 1 N–H and O–H groups in total. The van der Waals surface area contributed by atoms with E-state index in [1.54, 1.807) is 36.2 Å². The van der Waals surface area contributed by atoms with Gasteiger partial charge in [0.2, 0.25) is 0 Å². The van der Waals surface area contributed by atoms with Crippen molar-refractivity contribution in [3.8, 4) is 5.75 Å². The fourth-order valence-corrected chi connectivity index (χ4v) is 2.46. The van der Waals surface area contributed by atoms with Gasteiger partial charge in [-0.1, -0.05) is 6.07 Å². The first kappa shape index (κ1) is 11.7. The first-order valence-corrected chi connectivity index (χ1v) is 6.09. The molecule has 0 fully saturated rings. The fourth-order valence-electron chi connectivity index (χ4n) is 1.56. The zero-order valence-corrected chi connectivity index (χ0v) is 10.5. The van der Waals surface area contributed by atoms with Crippen LogP contribution in [0.3, 0.4) is 0 Å². The molecule has 1 aromatic heterocycles. The monoisotopic (exact) mass is 247 g/mol. The van der Waals surface area contributed by atoms with E-state index < -0.39 is 0 Å². The maximum Gasteiger partial charge on any atom is 0.268 e. The number of aromatic hydroxyl groups is 1. The summed E-state index contributed by atoms with van der Waals surface area (Å²) < 4.78 is 0. The van der Waals surface area contributed by atoms with Crippen LogP contribution in [0.1, 0.15) is 15.2 Å². The Kier molecular flexibility index (Phi) is 3.15. The van der Waals surface area contributed by atoms with Crippen LogP contribution in [0.15, 0.2) is 35.7 Å². The number of hydrogen-bond acceptors (Lipinski definition) is 3. The third kappa shape index (κ3) is 2.31. The highest BCUT2D eigenvalue weighted by molar-refractivity contribution is 7.12.